The van der Waals surface area contributed by atoms with Gasteiger partial charge in [-0.15, -0.1) is 11.8 Å². The van der Waals surface area contributed by atoms with E-state index in [0.29, 0.717) is 0 Å². The van der Waals surface area contributed by atoms with Gasteiger partial charge < -0.3 is 5.32 Å². The Hall–Kier alpha value is -0.960. The molecule has 76 valence electrons. The topological polar surface area (TPSA) is 29.1 Å². The zero-order valence-corrected chi connectivity index (χ0v) is 9.30. The lowest BCUT2D eigenvalue weighted by molar-refractivity contribution is -0.119. The number of hydrogen-bond acceptors (Lipinski definition) is 2. The highest BCUT2D eigenvalue weighted by molar-refractivity contribution is 7.99. The first-order valence-electron chi connectivity index (χ1n) is 4.61. The molecule has 1 atom stereocenters. The molecule has 1 rings (SSSR count). The first kappa shape index (κ1) is 11.1. The van der Waals surface area contributed by atoms with Crippen LogP contribution in [0.5, 0.6) is 0 Å². The highest BCUT2D eigenvalue weighted by Gasteiger charge is 2.10. The summed E-state index contributed by atoms with van der Waals surface area (Å²) in [6.45, 7) is 1.92. The zero-order valence-electron chi connectivity index (χ0n) is 8.49. The van der Waals surface area contributed by atoms with Crippen molar-refractivity contribution in [3.8, 4) is 0 Å². The summed E-state index contributed by atoms with van der Waals surface area (Å²) in [7, 11) is 1.67. The lowest BCUT2D eigenvalue weighted by Gasteiger charge is -2.08. The summed E-state index contributed by atoms with van der Waals surface area (Å²) in [6, 6.07) is 10.2. The molecule has 0 spiro atoms. The molecule has 0 aliphatic rings. The predicted molar refractivity (Wildman–Crippen MR) is 61.3 cm³/mol. The third kappa shape index (κ3) is 3.42. The molecule has 0 unspecified atom stereocenters. The lowest BCUT2D eigenvalue weighted by atomic mass is 10.2. The zero-order chi connectivity index (χ0) is 10.4. The molecular formula is C11H15NOS. The second-order valence-electron chi connectivity index (χ2n) is 3.05. The molecule has 0 saturated heterocycles. The van der Waals surface area contributed by atoms with Gasteiger partial charge in [0.1, 0.15) is 0 Å². The SMILES string of the molecule is CNC(=O)[C@@H](C)SCc1ccccc1. The Kier molecular flexibility index (Phi) is 4.53. The first-order chi connectivity index (χ1) is 6.74. The van der Waals surface area contributed by atoms with Gasteiger partial charge in [-0.05, 0) is 12.5 Å². The van der Waals surface area contributed by atoms with Crippen LogP contribution >= 0.6 is 11.8 Å². The van der Waals surface area contributed by atoms with Crippen LogP contribution in [0.2, 0.25) is 0 Å². The second-order valence-corrected chi connectivity index (χ2v) is 4.38. The van der Waals surface area contributed by atoms with Crippen molar-refractivity contribution in [3.05, 3.63) is 35.9 Å². The highest BCUT2D eigenvalue weighted by atomic mass is 32.2. The predicted octanol–water partition coefficient (Wildman–Crippen LogP) is 2.05. The van der Waals surface area contributed by atoms with Gasteiger partial charge in [-0.3, -0.25) is 4.79 Å². The summed E-state index contributed by atoms with van der Waals surface area (Å²) in [5, 5.41) is 2.66. The number of amides is 1. The minimum atomic E-state index is 0.0141. The quantitative estimate of drug-likeness (QED) is 0.822. The Morgan fingerprint density at radius 1 is 1.43 bits per heavy atom. The largest absolute Gasteiger partial charge is 0.358 e. The molecule has 0 aliphatic carbocycles. The number of benzene rings is 1. The van der Waals surface area contributed by atoms with Crippen LogP contribution in [-0.4, -0.2) is 18.2 Å². The summed E-state index contributed by atoms with van der Waals surface area (Å²) in [4.78, 5) is 11.2. The van der Waals surface area contributed by atoms with Gasteiger partial charge in [-0.1, -0.05) is 30.3 Å². The van der Waals surface area contributed by atoms with Crippen LogP contribution in [0.1, 0.15) is 12.5 Å². The normalized spacial score (nSPS) is 12.1. The van der Waals surface area contributed by atoms with E-state index in [4.69, 9.17) is 0 Å². The Morgan fingerprint density at radius 3 is 2.64 bits per heavy atom. The van der Waals surface area contributed by atoms with Gasteiger partial charge in [0, 0.05) is 12.8 Å². The molecule has 0 radical (unpaired) electrons. The van der Waals surface area contributed by atoms with E-state index in [-0.39, 0.29) is 11.2 Å². The molecule has 0 saturated carbocycles. The molecule has 1 aromatic carbocycles. The van der Waals surface area contributed by atoms with E-state index in [1.54, 1.807) is 18.8 Å². The maximum atomic E-state index is 11.2. The average Bonchev–Trinajstić information content (AvgIpc) is 2.26. The van der Waals surface area contributed by atoms with E-state index in [2.05, 4.69) is 17.4 Å². The van der Waals surface area contributed by atoms with Gasteiger partial charge in [-0.25, -0.2) is 0 Å². The molecule has 1 amide bonds. The maximum Gasteiger partial charge on any atom is 0.232 e. The number of carbonyl (C=O) groups is 1. The molecule has 0 aromatic heterocycles. The molecule has 1 aromatic rings. The van der Waals surface area contributed by atoms with Crippen LogP contribution in [0.25, 0.3) is 0 Å². The van der Waals surface area contributed by atoms with Gasteiger partial charge in [0.25, 0.3) is 0 Å². The first-order valence-corrected chi connectivity index (χ1v) is 5.66. The van der Waals surface area contributed by atoms with Gasteiger partial charge in [0.2, 0.25) is 5.91 Å². The third-order valence-electron chi connectivity index (χ3n) is 1.96. The number of carbonyl (C=O) groups excluding carboxylic acids is 1. The van der Waals surface area contributed by atoms with Crippen LogP contribution in [0, 0.1) is 0 Å². The molecule has 0 aliphatic heterocycles. The van der Waals surface area contributed by atoms with E-state index >= 15 is 0 Å². The van der Waals surface area contributed by atoms with Gasteiger partial charge in [0.05, 0.1) is 5.25 Å². The van der Waals surface area contributed by atoms with Crippen molar-refractivity contribution >= 4 is 17.7 Å². The molecule has 0 bridgehead atoms. The van der Waals surface area contributed by atoms with Gasteiger partial charge in [-0.2, -0.15) is 0 Å². The van der Waals surface area contributed by atoms with Crippen LogP contribution < -0.4 is 5.32 Å². The van der Waals surface area contributed by atoms with Gasteiger partial charge in [0.15, 0.2) is 0 Å². The van der Waals surface area contributed by atoms with E-state index in [1.165, 1.54) is 5.56 Å². The van der Waals surface area contributed by atoms with E-state index in [1.807, 2.05) is 25.1 Å². The standard InChI is InChI=1S/C11H15NOS/c1-9(11(13)12-2)14-8-10-6-4-3-5-7-10/h3-7,9H,8H2,1-2H3,(H,12,13)/t9-/m1/s1. The summed E-state index contributed by atoms with van der Waals surface area (Å²) >= 11 is 1.65. The number of nitrogens with one attached hydrogen (secondary N) is 1. The summed E-state index contributed by atoms with van der Waals surface area (Å²) in [6.07, 6.45) is 0. The molecule has 1 N–H and O–H groups in total. The van der Waals surface area contributed by atoms with Crippen LogP contribution in [-0.2, 0) is 10.5 Å². The molecule has 2 nitrogen and oxygen atoms in total. The average molecular weight is 209 g/mol. The van der Waals surface area contributed by atoms with E-state index in [0.717, 1.165) is 5.75 Å². The summed E-state index contributed by atoms with van der Waals surface area (Å²) in [5.41, 5.74) is 1.26. The van der Waals surface area contributed by atoms with E-state index < -0.39 is 0 Å². The minimum Gasteiger partial charge on any atom is -0.358 e. The summed E-state index contributed by atoms with van der Waals surface area (Å²) in [5.74, 6) is 0.973. The second kappa shape index (κ2) is 5.70. The Bertz CT molecular complexity index is 287. The molecular weight excluding hydrogens is 194 g/mol. The summed E-state index contributed by atoms with van der Waals surface area (Å²) < 4.78 is 0. The Balaban J connectivity index is 2.38. The molecule has 3 heteroatoms. The number of thioether (sulfide) groups is 1. The Labute approximate surface area is 89.1 Å². The van der Waals surface area contributed by atoms with Crippen molar-refractivity contribution in [2.45, 2.75) is 17.9 Å². The number of hydrogen-bond donors (Lipinski definition) is 1. The maximum absolute atomic E-state index is 11.2. The molecule has 0 fully saturated rings. The van der Waals surface area contributed by atoms with Crippen molar-refractivity contribution in [1.82, 2.24) is 5.32 Å². The van der Waals surface area contributed by atoms with Crippen LogP contribution in [0.15, 0.2) is 30.3 Å². The molecule has 0 heterocycles. The highest BCUT2D eigenvalue weighted by Crippen LogP contribution is 2.17. The smallest absolute Gasteiger partial charge is 0.232 e. The van der Waals surface area contributed by atoms with Crippen molar-refractivity contribution in [3.63, 3.8) is 0 Å². The van der Waals surface area contributed by atoms with Crippen molar-refractivity contribution in [2.75, 3.05) is 7.05 Å². The van der Waals surface area contributed by atoms with Crippen LogP contribution in [0.3, 0.4) is 0 Å². The van der Waals surface area contributed by atoms with Crippen molar-refractivity contribution in [1.29, 1.82) is 0 Å². The van der Waals surface area contributed by atoms with E-state index in [9.17, 15) is 4.79 Å². The Morgan fingerprint density at radius 2 is 2.07 bits per heavy atom. The monoisotopic (exact) mass is 209 g/mol. The molecule has 14 heavy (non-hydrogen) atoms. The van der Waals surface area contributed by atoms with Crippen molar-refractivity contribution < 1.29 is 4.79 Å². The minimum absolute atomic E-state index is 0.0141. The van der Waals surface area contributed by atoms with Gasteiger partial charge >= 0.3 is 0 Å². The fraction of sp³-hybridized carbons (Fsp3) is 0.364. The fourth-order valence-corrected chi connectivity index (χ4v) is 1.98. The third-order valence-corrected chi connectivity index (χ3v) is 3.17. The number of rotatable bonds is 4. The lowest BCUT2D eigenvalue weighted by Crippen LogP contribution is -2.27. The van der Waals surface area contributed by atoms with Crippen LogP contribution in [0.4, 0.5) is 0 Å². The van der Waals surface area contributed by atoms with Crippen molar-refractivity contribution in [2.24, 2.45) is 0 Å². The fourth-order valence-electron chi connectivity index (χ4n) is 1.07.